The average Bonchev–Trinajstić information content (AvgIpc) is 2.35. The zero-order valence-corrected chi connectivity index (χ0v) is 11.3. The number of aliphatic hydroxyl groups is 1. The van der Waals surface area contributed by atoms with Gasteiger partial charge in [0.15, 0.2) is 5.72 Å². The molecular formula is C14H21NO3. The Hall–Kier alpha value is -1.23. The molecule has 0 radical (unpaired) electrons. The van der Waals surface area contributed by atoms with Gasteiger partial charge in [-0.2, -0.15) is 0 Å². The van der Waals surface area contributed by atoms with Crippen LogP contribution in [-0.2, 0) is 10.5 Å². The number of aliphatic hydroxyl groups excluding tert-OH is 1. The Morgan fingerprint density at radius 2 is 1.89 bits per heavy atom. The van der Waals surface area contributed by atoms with E-state index in [2.05, 4.69) is 0 Å². The van der Waals surface area contributed by atoms with Gasteiger partial charge in [0, 0.05) is 18.2 Å². The maximum atomic E-state index is 11.1. The summed E-state index contributed by atoms with van der Waals surface area (Å²) >= 11 is 0. The van der Waals surface area contributed by atoms with E-state index in [4.69, 9.17) is 10.5 Å². The summed E-state index contributed by atoms with van der Waals surface area (Å²) in [6, 6.07) is 6.85. The zero-order chi connectivity index (χ0) is 14.0. The Balaban J connectivity index is 3.35. The summed E-state index contributed by atoms with van der Waals surface area (Å²) in [4.78, 5) is 11.1. The molecule has 4 nitrogen and oxygen atoms in total. The molecule has 1 aromatic rings. The van der Waals surface area contributed by atoms with Gasteiger partial charge in [-0.05, 0) is 5.41 Å². The molecule has 0 spiro atoms. The minimum absolute atomic E-state index is 0.421. The second-order valence-corrected chi connectivity index (χ2v) is 5.47. The monoisotopic (exact) mass is 251 g/mol. The fourth-order valence-electron chi connectivity index (χ4n) is 1.97. The van der Waals surface area contributed by atoms with Crippen molar-refractivity contribution in [1.82, 2.24) is 0 Å². The maximum Gasteiger partial charge on any atom is 0.169 e. The van der Waals surface area contributed by atoms with E-state index in [9.17, 15) is 9.90 Å². The van der Waals surface area contributed by atoms with Gasteiger partial charge in [0.1, 0.15) is 12.4 Å². The average molecular weight is 251 g/mol. The number of carbonyl (C=O) groups is 1. The Labute approximate surface area is 108 Å². The normalized spacial score (nSPS) is 17.0. The van der Waals surface area contributed by atoms with Gasteiger partial charge >= 0.3 is 0 Å². The Bertz CT molecular complexity index is 425. The van der Waals surface area contributed by atoms with Crippen LogP contribution >= 0.6 is 0 Å². The Kier molecular flexibility index (Phi) is 4.27. The number of hydrogen-bond acceptors (Lipinski definition) is 4. The van der Waals surface area contributed by atoms with Crippen LogP contribution in [0.4, 0.5) is 0 Å². The number of aldehydes is 1. The first-order chi connectivity index (χ1) is 8.27. The van der Waals surface area contributed by atoms with E-state index >= 15 is 0 Å². The van der Waals surface area contributed by atoms with Gasteiger partial charge in [-0.15, -0.1) is 0 Å². The van der Waals surface area contributed by atoms with Crippen LogP contribution in [0.1, 0.15) is 36.7 Å². The minimum Gasteiger partial charge on any atom is -0.388 e. The number of benzene rings is 1. The molecule has 1 rings (SSSR count). The van der Waals surface area contributed by atoms with Gasteiger partial charge in [0.25, 0.3) is 0 Å². The standard InChI is InChI=1S/C14H21NO3/c1-13(2,3)12(17)14(15,18-4)11-8-6-5-7-10(11)9-16/h5-9,12,17H,15H2,1-4H3/t12-,14-/m0/s1. The second kappa shape index (κ2) is 5.18. The molecule has 18 heavy (non-hydrogen) atoms. The molecule has 2 atom stereocenters. The maximum absolute atomic E-state index is 11.1. The molecule has 0 fully saturated rings. The van der Waals surface area contributed by atoms with Crippen LogP contribution in [0.25, 0.3) is 0 Å². The molecule has 4 heteroatoms. The Morgan fingerprint density at radius 1 is 1.33 bits per heavy atom. The topological polar surface area (TPSA) is 72.5 Å². The third kappa shape index (κ3) is 2.61. The van der Waals surface area contributed by atoms with Crippen molar-refractivity contribution in [2.45, 2.75) is 32.6 Å². The van der Waals surface area contributed by atoms with Crippen molar-refractivity contribution in [3.63, 3.8) is 0 Å². The lowest BCUT2D eigenvalue weighted by atomic mass is 9.79. The summed E-state index contributed by atoms with van der Waals surface area (Å²) in [6.07, 6.45) is -0.234. The van der Waals surface area contributed by atoms with Crippen LogP contribution in [0, 0.1) is 5.41 Å². The molecule has 0 unspecified atom stereocenters. The van der Waals surface area contributed by atoms with Crippen molar-refractivity contribution >= 4 is 6.29 Å². The van der Waals surface area contributed by atoms with Crippen molar-refractivity contribution in [3.8, 4) is 0 Å². The third-order valence-corrected chi connectivity index (χ3v) is 3.07. The fourth-order valence-corrected chi connectivity index (χ4v) is 1.97. The van der Waals surface area contributed by atoms with E-state index in [1.165, 1.54) is 7.11 Å². The first-order valence-corrected chi connectivity index (χ1v) is 5.84. The number of methoxy groups -OCH3 is 1. The molecular weight excluding hydrogens is 230 g/mol. The lowest BCUT2D eigenvalue weighted by Gasteiger charge is -2.40. The van der Waals surface area contributed by atoms with Gasteiger partial charge in [-0.1, -0.05) is 45.0 Å². The molecule has 0 aliphatic carbocycles. The number of hydrogen-bond donors (Lipinski definition) is 2. The SMILES string of the molecule is CO[C@@](N)(c1ccccc1C=O)[C@@H](O)C(C)(C)C. The highest BCUT2D eigenvalue weighted by Crippen LogP contribution is 2.35. The fraction of sp³-hybridized carbons (Fsp3) is 0.500. The summed E-state index contributed by atoms with van der Waals surface area (Å²) in [6.45, 7) is 5.59. The van der Waals surface area contributed by atoms with Crippen LogP contribution in [0.15, 0.2) is 24.3 Å². The largest absolute Gasteiger partial charge is 0.388 e. The van der Waals surface area contributed by atoms with Gasteiger partial charge in [-0.25, -0.2) is 0 Å². The van der Waals surface area contributed by atoms with Crippen molar-refractivity contribution in [2.75, 3.05) is 7.11 Å². The number of rotatable bonds is 4. The first-order valence-electron chi connectivity index (χ1n) is 5.84. The third-order valence-electron chi connectivity index (χ3n) is 3.07. The molecule has 3 N–H and O–H groups in total. The molecule has 100 valence electrons. The second-order valence-electron chi connectivity index (χ2n) is 5.47. The van der Waals surface area contributed by atoms with Gasteiger partial charge in [0.05, 0.1) is 0 Å². The summed E-state index contributed by atoms with van der Waals surface area (Å²) in [7, 11) is 1.43. The summed E-state index contributed by atoms with van der Waals surface area (Å²) in [5.41, 5.74) is 5.23. The summed E-state index contributed by atoms with van der Waals surface area (Å²) < 4.78 is 5.32. The van der Waals surface area contributed by atoms with Crippen molar-refractivity contribution < 1.29 is 14.6 Å². The predicted octanol–water partition coefficient (Wildman–Crippen LogP) is 1.66. The smallest absolute Gasteiger partial charge is 0.169 e. The van der Waals surface area contributed by atoms with E-state index in [1.54, 1.807) is 24.3 Å². The van der Waals surface area contributed by atoms with Crippen LogP contribution in [0.3, 0.4) is 0 Å². The highest BCUT2D eigenvalue weighted by Gasteiger charge is 2.43. The predicted molar refractivity (Wildman–Crippen MR) is 70.2 cm³/mol. The first kappa shape index (κ1) is 14.8. The lowest BCUT2D eigenvalue weighted by Crippen LogP contribution is -2.55. The van der Waals surface area contributed by atoms with Crippen molar-refractivity contribution in [1.29, 1.82) is 0 Å². The van der Waals surface area contributed by atoms with E-state index in [0.717, 1.165) is 0 Å². The summed E-state index contributed by atoms with van der Waals surface area (Å²) in [5.74, 6) is 0. The van der Waals surface area contributed by atoms with Crippen LogP contribution < -0.4 is 5.73 Å². The number of carbonyl (C=O) groups excluding carboxylic acids is 1. The molecule has 0 aliphatic heterocycles. The molecule has 0 aromatic heterocycles. The van der Waals surface area contributed by atoms with Crippen molar-refractivity contribution in [3.05, 3.63) is 35.4 Å². The van der Waals surface area contributed by atoms with Crippen LogP contribution in [-0.4, -0.2) is 24.6 Å². The number of nitrogens with two attached hydrogens (primary N) is 1. The summed E-state index contributed by atoms with van der Waals surface area (Å²) in [5, 5.41) is 10.4. The molecule has 0 saturated carbocycles. The van der Waals surface area contributed by atoms with E-state index < -0.39 is 17.2 Å². The minimum atomic E-state index is -1.41. The molecule has 0 bridgehead atoms. The highest BCUT2D eigenvalue weighted by molar-refractivity contribution is 5.77. The molecule has 0 amide bonds. The van der Waals surface area contributed by atoms with Crippen LogP contribution in [0.2, 0.25) is 0 Å². The quantitative estimate of drug-likeness (QED) is 0.630. The van der Waals surface area contributed by atoms with Gasteiger partial charge < -0.3 is 9.84 Å². The molecule has 0 aliphatic rings. The molecule has 1 aromatic carbocycles. The molecule has 0 heterocycles. The van der Waals surface area contributed by atoms with Gasteiger partial charge in [0.2, 0.25) is 0 Å². The van der Waals surface area contributed by atoms with E-state index in [1.807, 2.05) is 20.8 Å². The Morgan fingerprint density at radius 3 is 2.33 bits per heavy atom. The van der Waals surface area contributed by atoms with E-state index in [-0.39, 0.29) is 0 Å². The van der Waals surface area contributed by atoms with Crippen molar-refractivity contribution in [2.24, 2.45) is 11.1 Å². The lowest BCUT2D eigenvalue weighted by molar-refractivity contribution is -0.144. The van der Waals surface area contributed by atoms with E-state index in [0.29, 0.717) is 17.4 Å². The molecule has 0 saturated heterocycles. The van der Waals surface area contributed by atoms with Crippen LogP contribution in [0.5, 0.6) is 0 Å². The highest BCUT2D eigenvalue weighted by atomic mass is 16.5. The number of ether oxygens (including phenoxy) is 1. The van der Waals surface area contributed by atoms with Gasteiger partial charge in [-0.3, -0.25) is 10.5 Å². The zero-order valence-electron chi connectivity index (χ0n) is 11.3.